The molecule has 0 saturated carbocycles. The molecule has 2 atom stereocenters. The van der Waals surface area contributed by atoms with Crippen LogP contribution in [0.15, 0.2) is 83.3 Å². The molecule has 4 aromatic rings. The van der Waals surface area contributed by atoms with Crippen LogP contribution in [0.4, 0.5) is 10.3 Å². The van der Waals surface area contributed by atoms with E-state index in [2.05, 4.69) is 5.32 Å². The molecular weight excluding hydrogens is 455 g/mol. The largest absolute Gasteiger partial charge is 0.446 e. The molecule has 2 N–H and O–H groups in total. The van der Waals surface area contributed by atoms with Gasteiger partial charge in [-0.15, -0.1) is 0 Å². The van der Waals surface area contributed by atoms with Crippen LogP contribution in [0.1, 0.15) is 45.8 Å². The van der Waals surface area contributed by atoms with E-state index in [9.17, 15) is 14.3 Å². The molecule has 5 nitrogen and oxygen atoms in total. The minimum atomic E-state index is -0.777. The van der Waals surface area contributed by atoms with Crippen LogP contribution < -0.4 is 10.2 Å². The molecule has 1 aliphatic rings. The summed E-state index contributed by atoms with van der Waals surface area (Å²) in [5.74, 6) is 0.573. The van der Waals surface area contributed by atoms with Gasteiger partial charge in [0.15, 0.2) is 5.88 Å². The first-order valence-electron chi connectivity index (χ1n) is 12.2. The minimum absolute atomic E-state index is 0.0456. The van der Waals surface area contributed by atoms with Gasteiger partial charge in [-0.3, -0.25) is 4.79 Å². The first kappa shape index (κ1) is 23.8. The number of anilines is 1. The van der Waals surface area contributed by atoms with Crippen LogP contribution in [0.3, 0.4) is 0 Å². The van der Waals surface area contributed by atoms with Gasteiger partial charge in [0.25, 0.3) is 5.91 Å². The molecule has 0 unspecified atom stereocenters. The van der Waals surface area contributed by atoms with Crippen LogP contribution >= 0.6 is 0 Å². The number of hydrogen-bond donors (Lipinski definition) is 2. The number of aryl methyl sites for hydroxylation is 1. The molecular formula is C30H29FN2O3. The van der Waals surface area contributed by atoms with Crippen molar-refractivity contribution in [1.82, 2.24) is 5.32 Å². The Morgan fingerprint density at radius 1 is 1.06 bits per heavy atom. The summed E-state index contributed by atoms with van der Waals surface area (Å²) in [5, 5.41) is 13.6. The zero-order chi connectivity index (χ0) is 25.2. The summed E-state index contributed by atoms with van der Waals surface area (Å²) in [5.41, 5.74) is 4.39. The lowest BCUT2D eigenvalue weighted by Crippen LogP contribution is -2.34. The van der Waals surface area contributed by atoms with Gasteiger partial charge in [0.1, 0.15) is 11.6 Å². The van der Waals surface area contributed by atoms with Crippen molar-refractivity contribution in [3.05, 3.63) is 113 Å². The number of nitrogens with one attached hydrogen (secondary N) is 1. The van der Waals surface area contributed by atoms with Crippen LogP contribution in [0.2, 0.25) is 0 Å². The summed E-state index contributed by atoms with van der Waals surface area (Å²) >= 11 is 0. The van der Waals surface area contributed by atoms with Crippen molar-refractivity contribution < 1.29 is 18.7 Å². The van der Waals surface area contributed by atoms with Gasteiger partial charge in [0.05, 0.1) is 17.7 Å². The Balaban J connectivity index is 1.33. The molecule has 1 aliphatic carbocycles. The fourth-order valence-electron chi connectivity index (χ4n) is 4.78. The quantitative estimate of drug-likeness (QED) is 0.355. The van der Waals surface area contributed by atoms with Gasteiger partial charge in [-0.05, 0) is 46.0 Å². The van der Waals surface area contributed by atoms with E-state index in [0.29, 0.717) is 18.5 Å². The van der Waals surface area contributed by atoms with Crippen molar-refractivity contribution in [2.24, 2.45) is 0 Å². The van der Waals surface area contributed by atoms with Crippen molar-refractivity contribution in [1.29, 1.82) is 0 Å². The molecule has 3 aromatic carbocycles. The Labute approximate surface area is 210 Å². The standard InChI is InChI=1S/C30H29FN2O3/c1-3-23-12-14-28(36-23)33(2)18-19-9-10-22-17-27(34)29(25(22)15-19)32-30(35)24-13-11-21(16-26(24)31)20-7-5-4-6-8-20/h4-16,27,29,34H,3,17-18H2,1-2H3,(H,32,35)/t27-,29-/m1/s1. The minimum Gasteiger partial charge on any atom is -0.446 e. The maximum absolute atomic E-state index is 14.9. The fraction of sp³-hybridized carbons (Fsp3) is 0.233. The van der Waals surface area contributed by atoms with Crippen LogP contribution in [-0.4, -0.2) is 24.2 Å². The Bertz CT molecular complexity index is 1380. The van der Waals surface area contributed by atoms with Gasteiger partial charge in [0, 0.05) is 32.5 Å². The molecule has 1 heterocycles. The van der Waals surface area contributed by atoms with E-state index in [0.717, 1.165) is 40.3 Å². The number of benzene rings is 3. The second kappa shape index (κ2) is 9.99. The third-order valence-electron chi connectivity index (χ3n) is 6.76. The zero-order valence-corrected chi connectivity index (χ0v) is 20.4. The number of amides is 1. The van der Waals surface area contributed by atoms with E-state index in [-0.39, 0.29) is 5.56 Å². The number of nitrogens with zero attached hydrogens (tertiary/aromatic N) is 1. The monoisotopic (exact) mass is 484 g/mol. The predicted molar refractivity (Wildman–Crippen MR) is 138 cm³/mol. The van der Waals surface area contributed by atoms with E-state index in [1.54, 1.807) is 6.07 Å². The highest BCUT2D eigenvalue weighted by Crippen LogP contribution is 2.33. The third-order valence-corrected chi connectivity index (χ3v) is 6.76. The first-order valence-corrected chi connectivity index (χ1v) is 12.2. The second-order valence-electron chi connectivity index (χ2n) is 9.27. The second-order valence-corrected chi connectivity index (χ2v) is 9.27. The smallest absolute Gasteiger partial charge is 0.254 e. The number of carbonyl (C=O) groups excluding carboxylic acids is 1. The van der Waals surface area contributed by atoms with Gasteiger partial charge in [-0.25, -0.2) is 4.39 Å². The molecule has 36 heavy (non-hydrogen) atoms. The normalized spacial score (nSPS) is 16.6. The van der Waals surface area contributed by atoms with Gasteiger partial charge >= 0.3 is 0 Å². The Morgan fingerprint density at radius 2 is 1.86 bits per heavy atom. The molecule has 0 saturated heterocycles. The number of furan rings is 1. The predicted octanol–water partition coefficient (Wildman–Crippen LogP) is 5.67. The van der Waals surface area contributed by atoms with Gasteiger partial charge in [-0.2, -0.15) is 0 Å². The van der Waals surface area contributed by atoms with Crippen LogP contribution in [0.25, 0.3) is 11.1 Å². The van der Waals surface area contributed by atoms with E-state index in [1.165, 1.54) is 12.1 Å². The summed E-state index contributed by atoms with van der Waals surface area (Å²) in [7, 11) is 1.96. The zero-order valence-electron chi connectivity index (χ0n) is 20.4. The molecule has 6 heteroatoms. The highest BCUT2D eigenvalue weighted by Gasteiger charge is 2.33. The van der Waals surface area contributed by atoms with Gasteiger partial charge in [0.2, 0.25) is 0 Å². The van der Waals surface area contributed by atoms with E-state index < -0.39 is 23.9 Å². The highest BCUT2D eigenvalue weighted by atomic mass is 19.1. The fourth-order valence-corrected chi connectivity index (χ4v) is 4.78. The molecule has 0 spiro atoms. The van der Waals surface area contributed by atoms with E-state index in [1.807, 2.05) is 79.5 Å². The number of carbonyl (C=O) groups is 1. The summed E-state index contributed by atoms with van der Waals surface area (Å²) in [4.78, 5) is 15.0. The summed E-state index contributed by atoms with van der Waals surface area (Å²) in [6.07, 6.45) is 0.492. The molecule has 184 valence electrons. The number of halogens is 1. The van der Waals surface area contributed by atoms with Crippen LogP contribution in [0.5, 0.6) is 0 Å². The third kappa shape index (κ3) is 4.77. The lowest BCUT2D eigenvalue weighted by molar-refractivity contribution is 0.0854. The Kier molecular flexibility index (Phi) is 6.61. The lowest BCUT2D eigenvalue weighted by Gasteiger charge is -2.20. The maximum Gasteiger partial charge on any atom is 0.254 e. The van der Waals surface area contributed by atoms with Crippen molar-refractivity contribution in [3.8, 4) is 11.1 Å². The highest BCUT2D eigenvalue weighted by molar-refractivity contribution is 5.95. The number of aliphatic hydroxyl groups is 1. The average Bonchev–Trinajstić information content (AvgIpc) is 3.49. The van der Waals surface area contributed by atoms with Crippen molar-refractivity contribution in [2.45, 2.75) is 38.5 Å². The number of aliphatic hydroxyl groups excluding tert-OH is 1. The van der Waals surface area contributed by atoms with Crippen molar-refractivity contribution in [3.63, 3.8) is 0 Å². The van der Waals surface area contributed by atoms with Gasteiger partial charge < -0.3 is 19.7 Å². The topological polar surface area (TPSA) is 65.7 Å². The lowest BCUT2D eigenvalue weighted by atomic mass is 10.0. The molecule has 1 aromatic heterocycles. The van der Waals surface area contributed by atoms with Crippen molar-refractivity contribution >= 4 is 11.8 Å². The summed E-state index contributed by atoms with van der Waals surface area (Å²) in [6, 6.07) is 23.4. The average molecular weight is 485 g/mol. The van der Waals surface area contributed by atoms with E-state index >= 15 is 0 Å². The van der Waals surface area contributed by atoms with Gasteiger partial charge in [-0.1, -0.05) is 61.5 Å². The number of fused-ring (bicyclic) bond motifs is 1. The molecule has 0 radical (unpaired) electrons. The van der Waals surface area contributed by atoms with Crippen molar-refractivity contribution in [2.75, 3.05) is 11.9 Å². The van der Waals surface area contributed by atoms with Crippen LogP contribution in [0, 0.1) is 5.82 Å². The Hall–Kier alpha value is -3.90. The van der Waals surface area contributed by atoms with Crippen LogP contribution in [-0.2, 0) is 19.4 Å². The summed E-state index contributed by atoms with van der Waals surface area (Å²) < 4.78 is 20.8. The molecule has 0 aliphatic heterocycles. The number of hydrogen-bond acceptors (Lipinski definition) is 4. The SMILES string of the molecule is CCc1ccc(N(C)Cc2ccc3c(c2)[C@@H](NC(=O)c2ccc(-c4ccccc4)cc2F)[C@H](O)C3)o1. The first-order chi connectivity index (χ1) is 17.4. The molecule has 5 rings (SSSR count). The summed E-state index contributed by atoms with van der Waals surface area (Å²) in [6.45, 7) is 2.66. The van der Waals surface area contributed by atoms with E-state index in [4.69, 9.17) is 4.42 Å². The molecule has 1 amide bonds. The number of rotatable bonds is 7. The molecule has 0 fully saturated rings. The Morgan fingerprint density at radius 3 is 2.58 bits per heavy atom. The maximum atomic E-state index is 14.9. The molecule has 0 bridgehead atoms.